The third-order valence-corrected chi connectivity index (χ3v) is 13.1. The first-order valence-corrected chi connectivity index (χ1v) is 20.9. The van der Waals surface area contributed by atoms with Crippen molar-refractivity contribution in [3.8, 4) is 11.5 Å². The summed E-state index contributed by atoms with van der Waals surface area (Å²) in [5.41, 5.74) is 8.02. The number of imide groups is 1. The van der Waals surface area contributed by atoms with Gasteiger partial charge in [-0.15, -0.1) is 0 Å². The van der Waals surface area contributed by atoms with Crippen LogP contribution in [-0.2, 0) is 27.9 Å². The monoisotopic (exact) mass is 780 g/mol. The number of nitrogens with zero attached hydrogens (tertiary/aromatic N) is 5. The number of ether oxygens (including phenoxy) is 1. The van der Waals surface area contributed by atoms with E-state index in [4.69, 9.17) is 4.74 Å². The molecule has 0 radical (unpaired) electrons. The molecule has 1 unspecified atom stereocenters. The highest BCUT2D eigenvalue weighted by Gasteiger charge is 2.34. The molecule has 5 aromatic rings. The number of aromatic hydroxyl groups is 1. The predicted octanol–water partition coefficient (Wildman–Crippen LogP) is 6.10. The van der Waals surface area contributed by atoms with Crippen LogP contribution in [0.3, 0.4) is 0 Å². The van der Waals surface area contributed by atoms with E-state index >= 15 is 0 Å². The highest BCUT2D eigenvalue weighted by molar-refractivity contribution is 6.02. The van der Waals surface area contributed by atoms with Crippen molar-refractivity contribution in [3.05, 3.63) is 119 Å². The van der Waals surface area contributed by atoms with Crippen molar-refractivity contribution < 1.29 is 24.2 Å². The molecular formula is C47H52N6O5. The number of phenolic OH excluding ortho intramolecular Hbond substituents is 1. The van der Waals surface area contributed by atoms with E-state index in [0.29, 0.717) is 41.9 Å². The van der Waals surface area contributed by atoms with E-state index in [2.05, 4.69) is 80.9 Å². The topological polar surface area (TPSA) is 120 Å². The Kier molecular flexibility index (Phi) is 10.6. The smallest absolute Gasteiger partial charge is 0.260 e. The predicted molar refractivity (Wildman–Crippen MR) is 223 cm³/mol. The molecule has 58 heavy (non-hydrogen) atoms. The molecule has 0 saturated carbocycles. The first kappa shape index (κ1) is 37.9. The Bertz CT molecular complexity index is 2290. The lowest BCUT2D eigenvalue weighted by Crippen LogP contribution is -2.49. The molecule has 3 atom stereocenters. The van der Waals surface area contributed by atoms with Gasteiger partial charge in [0.05, 0.1) is 17.1 Å². The Morgan fingerprint density at radius 2 is 1.60 bits per heavy atom. The number of carbonyl (C=O) groups excluding carboxylic acids is 3. The maximum Gasteiger partial charge on any atom is 0.260 e. The zero-order valence-electron chi connectivity index (χ0n) is 33.2. The van der Waals surface area contributed by atoms with Gasteiger partial charge in [-0.2, -0.15) is 5.10 Å². The van der Waals surface area contributed by atoms with Gasteiger partial charge in [0.2, 0.25) is 11.8 Å². The number of phenols is 1. The van der Waals surface area contributed by atoms with Gasteiger partial charge in [-0.1, -0.05) is 48.5 Å². The standard InChI is InChI=1S/C47H52N6O5/c1-50-42-28-37(13-16-40(42)46(49-50)41-17-18-43(55)48-47(41)57)58-30-44(56)53-21-19-31(20-22-53)29-51-23-25-52(26-24-51)35-10-7-33(8-11-35)45-38(32-5-3-2-4-6-32)14-9-34-27-36(54)12-15-39(34)45/h2-8,10-13,15-16,27-28,31,38,41,45,54H,9,14,17-26,29-30H2,1H3,(H,48,55,57)/t38-,41?,45+/m1/s1. The number of rotatable bonds is 9. The molecule has 9 rings (SSSR count). The van der Waals surface area contributed by atoms with Crippen molar-refractivity contribution in [2.45, 2.75) is 56.3 Å². The number of aryl methyl sites for hydroxylation is 2. The van der Waals surface area contributed by atoms with Gasteiger partial charge in [0.25, 0.3) is 5.91 Å². The van der Waals surface area contributed by atoms with E-state index < -0.39 is 5.92 Å². The Labute approximate surface area is 339 Å². The Hall–Kier alpha value is -5.68. The zero-order valence-corrected chi connectivity index (χ0v) is 33.2. The van der Waals surface area contributed by atoms with Crippen molar-refractivity contribution in [3.63, 3.8) is 0 Å². The second-order valence-electron chi connectivity index (χ2n) is 16.6. The zero-order chi connectivity index (χ0) is 39.8. The number of nitrogens with one attached hydrogen (secondary N) is 1. The Balaban J connectivity index is 0.745. The van der Waals surface area contributed by atoms with Crippen molar-refractivity contribution in [1.82, 2.24) is 24.9 Å². The summed E-state index contributed by atoms with van der Waals surface area (Å²) in [4.78, 5) is 44.4. The summed E-state index contributed by atoms with van der Waals surface area (Å²) in [5.74, 6) is 1.10. The summed E-state index contributed by atoms with van der Waals surface area (Å²) in [7, 11) is 1.82. The van der Waals surface area contributed by atoms with Gasteiger partial charge in [0.1, 0.15) is 11.5 Å². The second-order valence-corrected chi connectivity index (χ2v) is 16.6. The Morgan fingerprint density at radius 1 is 0.828 bits per heavy atom. The van der Waals surface area contributed by atoms with Crippen LogP contribution in [-0.4, -0.2) is 94.8 Å². The largest absolute Gasteiger partial charge is 0.508 e. The molecule has 11 nitrogen and oxygen atoms in total. The van der Waals surface area contributed by atoms with Crippen molar-refractivity contribution in [2.75, 3.05) is 57.3 Å². The van der Waals surface area contributed by atoms with Crippen LogP contribution in [0.15, 0.2) is 91.0 Å². The number of aromatic nitrogens is 2. The average molecular weight is 781 g/mol. The third kappa shape index (κ3) is 7.79. The number of fused-ring (bicyclic) bond motifs is 2. The van der Waals surface area contributed by atoms with Crippen LogP contribution in [0, 0.1) is 5.92 Å². The van der Waals surface area contributed by atoms with E-state index in [1.54, 1.807) is 4.68 Å². The third-order valence-electron chi connectivity index (χ3n) is 13.1. The molecule has 3 saturated heterocycles. The summed E-state index contributed by atoms with van der Waals surface area (Å²) >= 11 is 0. The number of amides is 3. The quantitative estimate of drug-likeness (QED) is 0.172. The summed E-state index contributed by atoms with van der Waals surface area (Å²) < 4.78 is 7.69. The average Bonchev–Trinajstić information content (AvgIpc) is 3.58. The molecule has 3 amide bonds. The van der Waals surface area contributed by atoms with E-state index in [1.165, 1.54) is 27.9 Å². The van der Waals surface area contributed by atoms with Gasteiger partial charge >= 0.3 is 0 Å². The van der Waals surface area contributed by atoms with Crippen LogP contribution < -0.4 is 15.0 Å². The molecule has 300 valence electrons. The van der Waals surface area contributed by atoms with E-state index in [1.807, 2.05) is 42.3 Å². The fraction of sp³-hybridized carbons (Fsp3) is 0.404. The minimum atomic E-state index is -0.468. The molecule has 1 aromatic heterocycles. The highest BCUT2D eigenvalue weighted by Crippen LogP contribution is 2.47. The van der Waals surface area contributed by atoms with Crippen LogP contribution >= 0.6 is 0 Å². The molecule has 3 fully saturated rings. The van der Waals surface area contributed by atoms with Crippen LogP contribution in [0.2, 0.25) is 0 Å². The molecule has 11 heteroatoms. The van der Waals surface area contributed by atoms with Gasteiger partial charge in [0.15, 0.2) is 6.61 Å². The lowest BCUT2D eigenvalue weighted by Gasteiger charge is -2.40. The molecule has 1 aliphatic carbocycles. The number of hydrogen-bond acceptors (Lipinski definition) is 8. The number of benzene rings is 4. The fourth-order valence-electron chi connectivity index (χ4n) is 9.89. The minimum absolute atomic E-state index is 0.00463. The van der Waals surface area contributed by atoms with Gasteiger partial charge < -0.3 is 19.6 Å². The molecule has 4 heterocycles. The first-order chi connectivity index (χ1) is 28.3. The lowest BCUT2D eigenvalue weighted by atomic mass is 9.69. The number of piperazine rings is 1. The van der Waals surface area contributed by atoms with Gasteiger partial charge in [0, 0.05) is 82.3 Å². The lowest BCUT2D eigenvalue weighted by molar-refractivity contribution is -0.135. The number of likely N-dealkylation sites (tertiary alicyclic amines) is 1. The molecular weight excluding hydrogens is 729 g/mol. The van der Waals surface area contributed by atoms with Crippen molar-refractivity contribution in [2.24, 2.45) is 13.0 Å². The second kappa shape index (κ2) is 16.3. The van der Waals surface area contributed by atoms with Crippen molar-refractivity contribution in [1.29, 1.82) is 0 Å². The number of carbonyl (C=O) groups is 3. The molecule has 0 bridgehead atoms. The van der Waals surface area contributed by atoms with Gasteiger partial charge in [-0.3, -0.25) is 29.3 Å². The van der Waals surface area contributed by atoms with Crippen LogP contribution in [0.1, 0.15) is 77.8 Å². The molecule has 4 aromatic carbocycles. The van der Waals surface area contributed by atoms with Crippen molar-refractivity contribution >= 4 is 34.3 Å². The van der Waals surface area contributed by atoms with Crippen LogP contribution in [0.5, 0.6) is 11.5 Å². The fourth-order valence-corrected chi connectivity index (χ4v) is 9.89. The summed E-state index contributed by atoms with van der Waals surface area (Å²) in [6, 6.07) is 31.6. The first-order valence-electron chi connectivity index (χ1n) is 20.9. The number of hydrogen-bond donors (Lipinski definition) is 2. The molecule has 4 aliphatic rings. The molecule has 2 N–H and O–H groups in total. The van der Waals surface area contributed by atoms with E-state index in [0.717, 1.165) is 82.4 Å². The van der Waals surface area contributed by atoms with Gasteiger partial charge in [-0.05, 0) is 103 Å². The minimum Gasteiger partial charge on any atom is -0.508 e. The van der Waals surface area contributed by atoms with Crippen LogP contribution in [0.4, 0.5) is 5.69 Å². The molecule has 0 spiro atoms. The molecule has 3 aliphatic heterocycles. The van der Waals surface area contributed by atoms with Crippen LogP contribution in [0.25, 0.3) is 10.9 Å². The normalized spacial score (nSPS) is 21.8. The Morgan fingerprint density at radius 3 is 2.36 bits per heavy atom. The van der Waals surface area contributed by atoms with E-state index in [9.17, 15) is 19.5 Å². The highest BCUT2D eigenvalue weighted by atomic mass is 16.5. The summed E-state index contributed by atoms with van der Waals surface area (Å²) in [6.07, 6.45) is 4.75. The number of piperidine rings is 2. The maximum absolute atomic E-state index is 13.2. The maximum atomic E-state index is 13.2. The number of anilines is 1. The van der Waals surface area contributed by atoms with E-state index in [-0.39, 0.29) is 30.2 Å². The van der Waals surface area contributed by atoms with Gasteiger partial charge in [-0.25, -0.2) is 0 Å². The SMILES string of the molecule is Cn1nc(C2CCC(=O)NC2=O)c2ccc(OCC(=O)N3CCC(CN4CCN(c5ccc([C@@H]6c7ccc(O)cc7CC[C@@H]6c6ccccc6)cc5)CC4)CC3)cc21. The summed E-state index contributed by atoms with van der Waals surface area (Å²) in [5, 5.41) is 18.1. The summed E-state index contributed by atoms with van der Waals surface area (Å²) in [6.45, 7) is 6.57.